The molecule has 1 aliphatic heterocycles. The maximum Gasteiger partial charge on any atom is 0.225 e. The molecule has 1 heterocycles. The number of piperazine rings is 1. The fourth-order valence-corrected chi connectivity index (χ4v) is 3.38. The molecule has 0 radical (unpaired) electrons. The van der Waals surface area contributed by atoms with Gasteiger partial charge in [0.2, 0.25) is 11.8 Å². The van der Waals surface area contributed by atoms with Crippen LogP contribution >= 0.6 is 0 Å². The van der Waals surface area contributed by atoms with Crippen LogP contribution in [0.5, 0.6) is 0 Å². The van der Waals surface area contributed by atoms with Crippen molar-refractivity contribution in [3.63, 3.8) is 0 Å². The zero-order valence-electron chi connectivity index (χ0n) is 14.0. The van der Waals surface area contributed by atoms with Gasteiger partial charge < -0.3 is 9.80 Å². The second kappa shape index (κ2) is 7.16. The number of hydrogen-bond acceptors (Lipinski definition) is 2. The van der Waals surface area contributed by atoms with Gasteiger partial charge in [0.25, 0.3) is 0 Å². The van der Waals surface area contributed by atoms with Crippen molar-refractivity contribution in [2.45, 2.75) is 39.0 Å². The van der Waals surface area contributed by atoms with Gasteiger partial charge in [-0.15, -0.1) is 0 Å². The van der Waals surface area contributed by atoms with E-state index in [9.17, 15) is 9.59 Å². The van der Waals surface area contributed by atoms with Crippen molar-refractivity contribution in [1.29, 1.82) is 0 Å². The Morgan fingerprint density at radius 2 is 1.70 bits per heavy atom. The second-order valence-corrected chi connectivity index (χ2v) is 6.76. The minimum Gasteiger partial charge on any atom is -0.339 e. The fraction of sp³-hybridized carbons (Fsp3) is 0.579. The lowest BCUT2D eigenvalue weighted by atomic mass is 9.84. The van der Waals surface area contributed by atoms with Gasteiger partial charge in [-0.2, -0.15) is 0 Å². The highest BCUT2D eigenvalue weighted by Gasteiger charge is 2.31. The first kappa shape index (κ1) is 16.0. The lowest BCUT2D eigenvalue weighted by Gasteiger charge is -2.38. The number of amides is 2. The highest BCUT2D eigenvalue weighted by Crippen LogP contribution is 2.28. The minimum absolute atomic E-state index is 0.212. The van der Waals surface area contributed by atoms with Crippen LogP contribution in [0.25, 0.3) is 0 Å². The van der Waals surface area contributed by atoms with Gasteiger partial charge in [-0.3, -0.25) is 9.59 Å². The van der Waals surface area contributed by atoms with Crippen LogP contribution in [0.15, 0.2) is 24.3 Å². The number of benzene rings is 1. The molecular weight excluding hydrogens is 288 g/mol. The summed E-state index contributed by atoms with van der Waals surface area (Å²) in [6, 6.07) is 8.24. The zero-order chi connectivity index (χ0) is 16.2. The molecular formula is C19H26N2O2. The summed E-state index contributed by atoms with van der Waals surface area (Å²) >= 11 is 0. The van der Waals surface area contributed by atoms with Crippen molar-refractivity contribution in [2.24, 2.45) is 5.92 Å². The Balaban J connectivity index is 1.45. The summed E-state index contributed by atoms with van der Waals surface area (Å²) < 4.78 is 0. The lowest BCUT2D eigenvalue weighted by Crippen LogP contribution is -2.52. The van der Waals surface area contributed by atoms with Crippen molar-refractivity contribution in [1.82, 2.24) is 9.80 Å². The summed E-state index contributed by atoms with van der Waals surface area (Å²) in [5.41, 5.74) is 2.50. The molecule has 0 N–H and O–H groups in total. The molecule has 1 aromatic rings. The Morgan fingerprint density at radius 1 is 1.04 bits per heavy atom. The van der Waals surface area contributed by atoms with Gasteiger partial charge in [0.1, 0.15) is 0 Å². The summed E-state index contributed by atoms with van der Waals surface area (Å²) in [7, 11) is 0. The number of nitrogens with zero attached hydrogens (tertiary/aromatic N) is 2. The fourth-order valence-electron chi connectivity index (χ4n) is 3.38. The highest BCUT2D eigenvalue weighted by molar-refractivity contribution is 5.80. The normalized spacial score (nSPS) is 18.7. The van der Waals surface area contributed by atoms with Crippen molar-refractivity contribution in [2.75, 3.05) is 26.2 Å². The SMILES string of the molecule is Cc1ccccc1CCC(=O)N1CCN(C(=O)C2CCC2)CC1. The van der Waals surface area contributed by atoms with Crippen LogP contribution in [-0.2, 0) is 16.0 Å². The van der Waals surface area contributed by atoms with Gasteiger partial charge >= 0.3 is 0 Å². The van der Waals surface area contributed by atoms with Gasteiger partial charge in [0.15, 0.2) is 0 Å². The Labute approximate surface area is 138 Å². The molecule has 2 amide bonds. The first-order valence-electron chi connectivity index (χ1n) is 8.76. The maximum atomic E-state index is 12.4. The summed E-state index contributed by atoms with van der Waals surface area (Å²) in [5, 5.41) is 0. The van der Waals surface area contributed by atoms with Crippen molar-refractivity contribution < 1.29 is 9.59 Å². The Morgan fingerprint density at radius 3 is 2.30 bits per heavy atom. The van der Waals surface area contributed by atoms with E-state index in [-0.39, 0.29) is 11.8 Å². The Hall–Kier alpha value is -1.84. The molecule has 4 nitrogen and oxygen atoms in total. The van der Waals surface area contributed by atoms with Crippen LogP contribution in [0.4, 0.5) is 0 Å². The molecule has 1 aromatic carbocycles. The summed E-state index contributed by atoms with van der Waals surface area (Å²) in [6.07, 6.45) is 4.64. The zero-order valence-corrected chi connectivity index (χ0v) is 14.0. The van der Waals surface area contributed by atoms with Gasteiger partial charge in [-0.25, -0.2) is 0 Å². The average Bonchev–Trinajstić information content (AvgIpc) is 2.52. The van der Waals surface area contributed by atoms with Gasteiger partial charge in [-0.05, 0) is 37.3 Å². The van der Waals surface area contributed by atoms with E-state index in [0.29, 0.717) is 38.5 Å². The monoisotopic (exact) mass is 314 g/mol. The molecule has 0 spiro atoms. The summed E-state index contributed by atoms with van der Waals surface area (Å²) in [5.74, 6) is 0.783. The molecule has 3 rings (SSSR count). The molecule has 0 atom stereocenters. The molecule has 2 aliphatic rings. The number of rotatable bonds is 4. The van der Waals surface area contributed by atoms with Crippen LogP contribution in [0.2, 0.25) is 0 Å². The van der Waals surface area contributed by atoms with E-state index in [4.69, 9.17) is 0 Å². The second-order valence-electron chi connectivity index (χ2n) is 6.76. The van der Waals surface area contributed by atoms with E-state index < -0.39 is 0 Å². The van der Waals surface area contributed by atoms with E-state index in [0.717, 1.165) is 19.3 Å². The molecule has 4 heteroatoms. The largest absolute Gasteiger partial charge is 0.339 e. The minimum atomic E-state index is 0.212. The first-order valence-corrected chi connectivity index (χ1v) is 8.76. The van der Waals surface area contributed by atoms with Gasteiger partial charge in [0.05, 0.1) is 0 Å². The van der Waals surface area contributed by atoms with E-state index in [1.165, 1.54) is 17.5 Å². The predicted octanol–water partition coefficient (Wildman–Crippen LogP) is 2.40. The highest BCUT2D eigenvalue weighted by atomic mass is 16.2. The van der Waals surface area contributed by atoms with Crippen LogP contribution < -0.4 is 0 Å². The van der Waals surface area contributed by atoms with Crippen molar-refractivity contribution in [3.8, 4) is 0 Å². The molecule has 1 saturated heterocycles. The summed E-state index contributed by atoms with van der Waals surface area (Å²) in [6.45, 7) is 4.86. The molecule has 0 unspecified atom stereocenters. The van der Waals surface area contributed by atoms with Crippen LogP contribution in [0, 0.1) is 12.8 Å². The molecule has 0 bridgehead atoms. The van der Waals surface area contributed by atoms with E-state index >= 15 is 0 Å². The molecule has 23 heavy (non-hydrogen) atoms. The van der Waals surface area contributed by atoms with Crippen molar-refractivity contribution in [3.05, 3.63) is 35.4 Å². The molecule has 1 aliphatic carbocycles. The standard InChI is InChI=1S/C19H26N2O2/c1-15-5-2-3-6-16(15)9-10-18(22)20-11-13-21(14-12-20)19(23)17-7-4-8-17/h2-3,5-6,17H,4,7-14H2,1H3. The Bertz CT molecular complexity index is 572. The quantitative estimate of drug-likeness (QED) is 0.856. The third kappa shape index (κ3) is 3.74. The van der Waals surface area contributed by atoms with E-state index in [1.807, 2.05) is 21.9 Å². The predicted molar refractivity (Wildman–Crippen MR) is 90.0 cm³/mol. The summed E-state index contributed by atoms with van der Waals surface area (Å²) in [4.78, 5) is 28.5. The first-order chi connectivity index (χ1) is 11.1. The van der Waals surface area contributed by atoms with Gasteiger partial charge in [-0.1, -0.05) is 30.7 Å². The molecule has 1 saturated carbocycles. The lowest BCUT2D eigenvalue weighted by molar-refractivity contribution is -0.144. The van der Waals surface area contributed by atoms with Gasteiger partial charge in [0, 0.05) is 38.5 Å². The van der Waals surface area contributed by atoms with E-state index in [2.05, 4.69) is 19.1 Å². The van der Waals surface area contributed by atoms with Crippen molar-refractivity contribution >= 4 is 11.8 Å². The number of carbonyl (C=O) groups excluding carboxylic acids is 2. The maximum absolute atomic E-state index is 12.4. The topological polar surface area (TPSA) is 40.6 Å². The smallest absolute Gasteiger partial charge is 0.225 e. The third-order valence-corrected chi connectivity index (χ3v) is 5.27. The number of hydrogen-bond donors (Lipinski definition) is 0. The third-order valence-electron chi connectivity index (χ3n) is 5.27. The van der Waals surface area contributed by atoms with Crippen LogP contribution in [-0.4, -0.2) is 47.8 Å². The molecule has 124 valence electrons. The number of carbonyl (C=O) groups is 2. The molecule has 2 fully saturated rings. The van der Waals surface area contributed by atoms with Crippen LogP contribution in [0.3, 0.4) is 0 Å². The molecule has 0 aromatic heterocycles. The average molecular weight is 314 g/mol. The van der Waals surface area contributed by atoms with E-state index in [1.54, 1.807) is 0 Å². The van der Waals surface area contributed by atoms with Crippen LogP contribution in [0.1, 0.15) is 36.8 Å². The Kier molecular flexibility index (Phi) is 4.99. The number of aryl methyl sites for hydroxylation is 2.